The summed E-state index contributed by atoms with van der Waals surface area (Å²) in [7, 11) is 3.42. The number of hydrogen-bond donors (Lipinski definition) is 1. The minimum Gasteiger partial charge on any atom is -0.476 e. The molecule has 0 bridgehead atoms. The van der Waals surface area contributed by atoms with Crippen LogP contribution in [0.1, 0.15) is 67.0 Å². The maximum atomic E-state index is 12.7. The molecule has 0 aromatic carbocycles. The van der Waals surface area contributed by atoms with Crippen LogP contribution < -0.4 is 10.1 Å². The molecule has 3 saturated carbocycles. The van der Waals surface area contributed by atoms with Crippen molar-refractivity contribution in [3.8, 4) is 5.88 Å². The van der Waals surface area contributed by atoms with Gasteiger partial charge < -0.3 is 15.0 Å². The molecule has 1 heterocycles. The molecule has 1 aromatic heterocycles. The lowest BCUT2D eigenvalue weighted by Gasteiger charge is -2.21. The van der Waals surface area contributed by atoms with Crippen molar-refractivity contribution in [3.63, 3.8) is 0 Å². The second-order valence-corrected chi connectivity index (χ2v) is 8.41. The molecule has 0 saturated heterocycles. The van der Waals surface area contributed by atoms with Gasteiger partial charge in [-0.25, -0.2) is 4.98 Å². The van der Waals surface area contributed by atoms with Gasteiger partial charge in [0.2, 0.25) is 11.8 Å². The van der Waals surface area contributed by atoms with E-state index in [2.05, 4.69) is 15.3 Å². The molecule has 146 valence electrons. The molecule has 2 amide bonds. The van der Waals surface area contributed by atoms with Crippen molar-refractivity contribution >= 4 is 11.8 Å². The van der Waals surface area contributed by atoms with Crippen molar-refractivity contribution in [1.82, 2.24) is 20.2 Å². The number of aromatic nitrogens is 2. The molecular weight excluding hydrogens is 344 g/mol. The van der Waals surface area contributed by atoms with E-state index in [1.807, 2.05) is 0 Å². The van der Waals surface area contributed by atoms with Crippen LogP contribution in [-0.4, -0.2) is 53.4 Å². The van der Waals surface area contributed by atoms with Crippen LogP contribution in [0.5, 0.6) is 5.88 Å². The average Bonchev–Trinajstić information content (AvgIpc) is 3.49. The van der Waals surface area contributed by atoms with Crippen molar-refractivity contribution in [2.45, 2.75) is 56.9 Å². The number of carbonyl (C=O) groups excluding carboxylic acids is 2. The zero-order valence-corrected chi connectivity index (χ0v) is 16.1. The number of nitrogens with one attached hydrogen (secondary N) is 1. The lowest BCUT2D eigenvalue weighted by Crippen LogP contribution is -2.46. The molecule has 4 rings (SSSR count). The first kappa shape index (κ1) is 18.2. The van der Waals surface area contributed by atoms with E-state index in [9.17, 15) is 9.59 Å². The third kappa shape index (κ3) is 4.76. The Morgan fingerprint density at radius 1 is 1.19 bits per heavy atom. The molecule has 3 fully saturated rings. The van der Waals surface area contributed by atoms with Crippen LogP contribution >= 0.6 is 0 Å². The van der Waals surface area contributed by atoms with Crippen LogP contribution in [0.15, 0.2) is 6.20 Å². The van der Waals surface area contributed by atoms with Crippen LogP contribution in [0.4, 0.5) is 0 Å². The van der Waals surface area contributed by atoms with Crippen LogP contribution in [0.3, 0.4) is 0 Å². The molecule has 1 unspecified atom stereocenters. The molecule has 27 heavy (non-hydrogen) atoms. The molecule has 0 spiro atoms. The second kappa shape index (κ2) is 7.44. The van der Waals surface area contributed by atoms with E-state index in [0.717, 1.165) is 31.4 Å². The zero-order valence-electron chi connectivity index (χ0n) is 16.1. The maximum Gasteiger partial charge on any atom is 0.272 e. The molecule has 1 aromatic rings. The van der Waals surface area contributed by atoms with Gasteiger partial charge in [0.05, 0.1) is 12.8 Å². The van der Waals surface area contributed by atoms with Gasteiger partial charge in [0.1, 0.15) is 17.4 Å². The lowest BCUT2D eigenvalue weighted by atomic mass is 10.1. The number of amides is 2. The summed E-state index contributed by atoms with van der Waals surface area (Å²) >= 11 is 0. The molecule has 7 heteroatoms. The highest BCUT2D eigenvalue weighted by atomic mass is 16.5. The average molecular weight is 372 g/mol. The highest BCUT2D eigenvalue weighted by molar-refractivity contribution is 5.96. The Hall–Kier alpha value is -2.18. The van der Waals surface area contributed by atoms with Gasteiger partial charge in [0, 0.05) is 20.0 Å². The highest BCUT2D eigenvalue weighted by Gasteiger charge is 2.33. The summed E-state index contributed by atoms with van der Waals surface area (Å²) in [6, 6.07) is -0.513. The zero-order chi connectivity index (χ0) is 19.0. The van der Waals surface area contributed by atoms with Crippen molar-refractivity contribution in [1.29, 1.82) is 0 Å². The van der Waals surface area contributed by atoms with Gasteiger partial charge in [-0.3, -0.25) is 14.6 Å². The SMILES string of the molecule is CN(C)C(=O)C(CC1CC1)NC(=O)c1cnc(C2CC2)c(OCC2CC2)n1. The van der Waals surface area contributed by atoms with E-state index >= 15 is 0 Å². The molecule has 7 nitrogen and oxygen atoms in total. The number of nitrogens with zero attached hydrogens (tertiary/aromatic N) is 3. The van der Waals surface area contributed by atoms with Gasteiger partial charge in [-0.2, -0.15) is 0 Å². The molecule has 1 atom stereocenters. The van der Waals surface area contributed by atoms with Crippen LogP contribution in [0, 0.1) is 11.8 Å². The Kier molecular flexibility index (Phi) is 5.02. The van der Waals surface area contributed by atoms with Crippen molar-refractivity contribution in [3.05, 3.63) is 17.6 Å². The Balaban J connectivity index is 1.47. The first-order valence-electron chi connectivity index (χ1n) is 10.0. The summed E-state index contributed by atoms with van der Waals surface area (Å²) in [5, 5.41) is 2.87. The largest absolute Gasteiger partial charge is 0.476 e. The molecular formula is C20H28N4O3. The summed E-state index contributed by atoms with van der Waals surface area (Å²) in [4.78, 5) is 35.6. The van der Waals surface area contributed by atoms with Crippen LogP contribution in [0.25, 0.3) is 0 Å². The maximum absolute atomic E-state index is 12.7. The summed E-state index contributed by atoms with van der Waals surface area (Å²) in [5.41, 5.74) is 1.09. The number of hydrogen-bond acceptors (Lipinski definition) is 5. The van der Waals surface area contributed by atoms with Gasteiger partial charge >= 0.3 is 0 Å². The number of carbonyl (C=O) groups is 2. The number of rotatable bonds is 9. The van der Waals surface area contributed by atoms with E-state index in [-0.39, 0.29) is 17.5 Å². The van der Waals surface area contributed by atoms with Gasteiger partial charge in [-0.15, -0.1) is 0 Å². The summed E-state index contributed by atoms with van der Waals surface area (Å²) < 4.78 is 5.89. The summed E-state index contributed by atoms with van der Waals surface area (Å²) in [5.74, 6) is 1.60. The van der Waals surface area contributed by atoms with Crippen LogP contribution in [-0.2, 0) is 4.79 Å². The predicted octanol–water partition coefficient (Wildman–Crippen LogP) is 2.13. The molecule has 1 N–H and O–H groups in total. The second-order valence-electron chi connectivity index (χ2n) is 8.41. The Morgan fingerprint density at radius 2 is 1.89 bits per heavy atom. The van der Waals surface area contributed by atoms with Crippen molar-refractivity contribution < 1.29 is 14.3 Å². The third-order valence-electron chi connectivity index (χ3n) is 5.43. The molecule has 3 aliphatic carbocycles. The Labute approximate surface area is 159 Å². The fraction of sp³-hybridized carbons (Fsp3) is 0.700. The monoisotopic (exact) mass is 372 g/mol. The van der Waals surface area contributed by atoms with Crippen LogP contribution in [0.2, 0.25) is 0 Å². The standard InChI is InChI=1S/C20H28N4O3/c1-24(2)20(26)15(9-12-3-4-12)22-18(25)16-10-21-17(14-7-8-14)19(23-16)27-11-13-5-6-13/h10,12-15H,3-9,11H2,1-2H3,(H,22,25). The molecule has 0 aliphatic heterocycles. The Morgan fingerprint density at radius 3 is 2.48 bits per heavy atom. The van der Waals surface area contributed by atoms with Gasteiger partial charge in [0.15, 0.2) is 0 Å². The fourth-order valence-electron chi connectivity index (χ4n) is 3.17. The van der Waals surface area contributed by atoms with E-state index in [1.54, 1.807) is 14.1 Å². The van der Waals surface area contributed by atoms with Gasteiger partial charge in [-0.1, -0.05) is 12.8 Å². The molecule has 0 radical (unpaired) electrons. The third-order valence-corrected chi connectivity index (χ3v) is 5.43. The lowest BCUT2D eigenvalue weighted by molar-refractivity contribution is -0.131. The van der Waals surface area contributed by atoms with Crippen molar-refractivity contribution in [2.75, 3.05) is 20.7 Å². The summed E-state index contributed by atoms with van der Waals surface area (Å²) in [6.45, 7) is 0.642. The normalized spacial score (nSPS) is 20.1. The van der Waals surface area contributed by atoms with Gasteiger partial charge in [0.25, 0.3) is 5.91 Å². The first-order chi connectivity index (χ1) is 13.0. The fourth-order valence-corrected chi connectivity index (χ4v) is 3.17. The minimum absolute atomic E-state index is 0.0805. The topological polar surface area (TPSA) is 84.4 Å². The minimum atomic E-state index is -0.513. The van der Waals surface area contributed by atoms with Crippen molar-refractivity contribution in [2.24, 2.45) is 11.8 Å². The van der Waals surface area contributed by atoms with E-state index in [4.69, 9.17) is 4.74 Å². The Bertz CT molecular complexity index is 724. The quantitative estimate of drug-likeness (QED) is 0.718. The van der Waals surface area contributed by atoms with E-state index < -0.39 is 6.04 Å². The van der Waals surface area contributed by atoms with Gasteiger partial charge in [-0.05, 0) is 43.9 Å². The number of ether oxygens (including phenoxy) is 1. The summed E-state index contributed by atoms with van der Waals surface area (Å²) in [6.07, 6.45) is 9.04. The van der Waals surface area contributed by atoms with E-state index in [1.165, 1.54) is 23.9 Å². The number of likely N-dealkylation sites (N-methyl/N-ethyl adjacent to an activating group) is 1. The van der Waals surface area contributed by atoms with E-state index in [0.29, 0.717) is 36.7 Å². The predicted molar refractivity (Wildman–Crippen MR) is 99.5 cm³/mol. The molecule has 3 aliphatic rings. The smallest absolute Gasteiger partial charge is 0.272 e. The highest BCUT2D eigenvalue weighted by Crippen LogP contribution is 2.43. The first-order valence-corrected chi connectivity index (χ1v) is 10.0.